The van der Waals surface area contributed by atoms with Gasteiger partial charge in [0, 0.05) is 24.3 Å². The van der Waals surface area contributed by atoms with Gasteiger partial charge >= 0.3 is 0 Å². The summed E-state index contributed by atoms with van der Waals surface area (Å²) in [5.74, 6) is -0.431. The highest BCUT2D eigenvalue weighted by atomic mass is 35.5. The van der Waals surface area contributed by atoms with Gasteiger partial charge in [-0.05, 0) is 30.5 Å². The van der Waals surface area contributed by atoms with Crippen molar-refractivity contribution in [2.24, 2.45) is 5.92 Å². The zero-order valence-electron chi connectivity index (χ0n) is 14.7. The molecule has 1 aliphatic rings. The Morgan fingerprint density at radius 1 is 1.30 bits per heavy atom. The number of hydrogen-bond acceptors (Lipinski definition) is 4. The van der Waals surface area contributed by atoms with Crippen LogP contribution in [0.5, 0.6) is 0 Å². The number of hydrogen-bond donors (Lipinski definition) is 1. The van der Waals surface area contributed by atoms with E-state index in [9.17, 15) is 13.2 Å². The van der Waals surface area contributed by atoms with Crippen molar-refractivity contribution in [1.82, 2.24) is 14.1 Å². The number of halogens is 2. The second-order valence-corrected chi connectivity index (χ2v) is 9.43. The predicted molar refractivity (Wildman–Crippen MR) is 106 cm³/mol. The quantitative estimate of drug-likeness (QED) is 0.789. The third-order valence-electron chi connectivity index (χ3n) is 4.44. The van der Waals surface area contributed by atoms with E-state index in [-0.39, 0.29) is 18.3 Å². The third kappa shape index (κ3) is 5.22. The first-order valence-corrected chi connectivity index (χ1v) is 11.1. The van der Waals surface area contributed by atoms with Gasteiger partial charge in [-0.2, -0.15) is 5.10 Å². The number of nitrogens with zero attached hydrogens (tertiary/aromatic N) is 3. The Morgan fingerprint density at radius 3 is 2.67 bits per heavy atom. The van der Waals surface area contributed by atoms with Crippen molar-refractivity contribution < 1.29 is 13.2 Å². The van der Waals surface area contributed by atoms with Gasteiger partial charge in [0.05, 0.1) is 18.7 Å². The van der Waals surface area contributed by atoms with Gasteiger partial charge in [-0.25, -0.2) is 12.7 Å². The van der Waals surface area contributed by atoms with Crippen LogP contribution in [0.3, 0.4) is 0 Å². The molecule has 1 saturated heterocycles. The molecule has 2 aromatic rings. The molecular weight excluding hydrogens is 411 g/mol. The minimum absolute atomic E-state index is 0.174. The van der Waals surface area contributed by atoms with Crippen LogP contribution in [0.25, 0.3) is 0 Å². The van der Waals surface area contributed by atoms with E-state index < -0.39 is 15.9 Å². The zero-order chi connectivity index (χ0) is 19.6. The molecule has 0 radical (unpaired) electrons. The molecule has 10 heteroatoms. The summed E-state index contributed by atoms with van der Waals surface area (Å²) in [5.41, 5.74) is 0.993. The standard InChI is InChI=1S/C17H20Cl2N4O3S/c1-27(25,26)23-8-2-3-13(10-23)17(24)20-16-15(19)11-22(21-16)9-12-4-6-14(18)7-5-12/h4-7,11,13H,2-3,8-10H2,1H3,(H,20,21,24)/t13-/m1/s1. The van der Waals surface area contributed by atoms with Crippen LogP contribution in [0.15, 0.2) is 30.5 Å². The second kappa shape index (κ2) is 8.18. The monoisotopic (exact) mass is 430 g/mol. The summed E-state index contributed by atoms with van der Waals surface area (Å²) in [6.07, 6.45) is 4.06. The lowest BCUT2D eigenvalue weighted by Crippen LogP contribution is -2.43. The fourth-order valence-electron chi connectivity index (χ4n) is 3.02. The first-order chi connectivity index (χ1) is 12.7. The van der Waals surface area contributed by atoms with Crippen molar-refractivity contribution in [3.05, 3.63) is 46.1 Å². The molecule has 1 atom stereocenters. The lowest BCUT2D eigenvalue weighted by molar-refractivity contribution is -0.120. The summed E-state index contributed by atoms with van der Waals surface area (Å²) in [6, 6.07) is 7.36. The van der Waals surface area contributed by atoms with E-state index in [0.717, 1.165) is 11.8 Å². The molecule has 1 N–H and O–H groups in total. The van der Waals surface area contributed by atoms with Crippen LogP contribution in [0, 0.1) is 5.92 Å². The summed E-state index contributed by atoms with van der Waals surface area (Å²) >= 11 is 12.1. The topological polar surface area (TPSA) is 84.3 Å². The van der Waals surface area contributed by atoms with E-state index in [0.29, 0.717) is 36.0 Å². The Bertz CT molecular complexity index is 928. The van der Waals surface area contributed by atoms with Crippen LogP contribution < -0.4 is 5.32 Å². The number of nitrogens with one attached hydrogen (secondary N) is 1. The smallest absolute Gasteiger partial charge is 0.230 e. The van der Waals surface area contributed by atoms with Crippen LogP contribution >= 0.6 is 23.2 Å². The van der Waals surface area contributed by atoms with Crippen molar-refractivity contribution in [2.75, 3.05) is 24.7 Å². The molecular formula is C17H20Cl2N4O3S. The molecule has 1 aromatic carbocycles. The van der Waals surface area contributed by atoms with E-state index in [1.165, 1.54) is 4.31 Å². The molecule has 27 heavy (non-hydrogen) atoms. The summed E-state index contributed by atoms with van der Waals surface area (Å²) in [6.45, 7) is 1.10. The second-order valence-electron chi connectivity index (χ2n) is 6.60. The van der Waals surface area contributed by atoms with Gasteiger partial charge in [-0.15, -0.1) is 0 Å². The van der Waals surface area contributed by atoms with E-state index >= 15 is 0 Å². The molecule has 1 fully saturated rings. The van der Waals surface area contributed by atoms with Crippen molar-refractivity contribution in [1.29, 1.82) is 0 Å². The number of piperidine rings is 1. The molecule has 1 amide bonds. The van der Waals surface area contributed by atoms with Crippen LogP contribution in [0.4, 0.5) is 5.82 Å². The maximum Gasteiger partial charge on any atom is 0.230 e. The lowest BCUT2D eigenvalue weighted by atomic mass is 9.99. The van der Waals surface area contributed by atoms with Crippen molar-refractivity contribution in [2.45, 2.75) is 19.4 Å². The van der Waals surface area contributed by atoms with Crippen LogP contribution in [-0.4, -0.2) is 47.8 Å². The van der Waals surface area contributed by atoms with Gasteiger partial charge in [0.15, 0.2) is 5.82 Å². The Morgan fingerprint density at radius 2 is 2.00 bits per heavy atom. The Kier molecular flexibility index (Phi) is 6.10. The molecule has 1 aromatic heterocycles. The molecule has 0 spiro atoms. The molecule has 3 rings (SSSR count). The Labute approximate surface area is 168 Å². The number of carbonyl (C=O) groups is 1. The van der Waals surface area contributed by atoms with Gasteiger partial charge < -0.3 is 5.32 Å². The summed E-state index contributed by atoms with van der Waals surface area (Å²) in [4.78, 5) is 12.5. The van der Waals surface area contributed by atoms with Gasteiger partial charge in [0.1, 0.15) is 5.02 Å². The number of carbonyl (C=O) groups excluding carboxylic acids is 1. The Hall–Kier alpha value is -1.61. The fraction of sp³-hybridized carbons (Fsp3) is 0.412. The number of sulfonamides is 1. The lowest BCUT2D eigenvalue weighted by Gasteiger charge is -2.29. The van der Waals surface area contributed by atoms with Gasteiger partial charge in [0.25, 0.3) is 0 Å². The summed E-state index contributed by atoms with van der Waals surface area (Å²) < 4.78 is 26.4. The zero-order valence-corrected chi connectivity index (χ0v) is 17.1. The summed E-state index contributed by atoms with van der Waals surface area (Å²) in [5, 5.41) is 8.02. The first kappa shape index (κ1) is 20.1. The highest BCUT2D eigenvalue weighted by Crippen LogP contribution is 2.24. The van der Waals surface area contributed by atoms with E-state index in [1.807, 2.05) is 12.1 Å². The van der Waals surface area contributed by atoms with E-state index in [2.05, 4.69) is 10.4 Å². The maximum atomic E-state index is 12.5. The van der Waals surface area contributed by atoms with Crippen molar-refractivity contribution >= 4 is 45.0 Å². The van der Waals surface area contributed by atoms with E-state index in [4.69, 9.17) is 23.2 Å². The molecule has 1 aliphatic heterocycles. The predicted octanol–water partition coefficient (Wildman–Crippen LogP) is 2.85. The highest BCUT2D eigenvalue weighted by Gasteiger charge is 2.30. The maximum absolute atomic E-state index is 12.5. The largest absolute Gasteiger partial charge is 0.308 e. The van der Waals surface area contributed by atoms with Crippen LogP contribution in [-0.2, 0) is 21.4 Å². The molecule has 0 aliphatic carbocycles. The molecule has 0 unspecified atom stereocenters. The molecule has 0 saturated carbocycles. The molecule has 146 valence electrons. The SMILES string of the molecule is CS(=O)(=O)N1CCC[C@@H](C(=O)Nc2nn(Cc3ccc(Cl)cc3)cc2Cl)C1. The van der Waals surface area contributed by atoms with Crippen LogP contribution in [0.2, 0.25) is 10.0 Å². The highest BCUT2D eigenvalue weighted by molar-refractivity contribution is 7.88. The van der Waals surface area contributed by atoms with Gasteiger partial charge in [-0.1, -0.05) is 35.3 Å². The fourth-order valence-corrected chi connectivity index (χ4v) is 4.25. The number of anilines is 1. The van der Waals surface area contributed by atoms with E-state index in [1.54, 1.807) is 23.0 Å². The minimum atomic E-state index is -3.31. The van der Waals surface area contributed by atoms with Crippen LogP contribution in [0.1, 0.15) is 18.4 Å². The number of aromatic nitrogens is 2. The van der Waals surface area contributed by atoms with Crippen molar-refractivity contribution in [3.63, 3.8) is 0 Å². The minimum Gasteiger partial charge on any atom is -0.308 e. The molecule has 2 heterocycles. The van der Waals surface area contributed by atoms with Gasteiger partial charge in [0.2, 0.25) is 15.9 Å². The average molecular weight is 431 g/mol. The van der Waals surface area contributed by atoms with Crippen molar-refractivity contribution in [3.8, 4) is 0 Å². The number of benzene rings is 1. The Balaban J connectivity index is 1.66. The third-order valence-corrected chi connectivity index (χ3v) is 6.24. The number of rotatable bonds is 5. The molecule has 0 bridgehead atoms. The number of amides is 1. The molecule has 7 nitrogen and oxygen atoms in total. The normalized spacial score (nSPS) is 18.4. The average Bonchev–Trinajstić information content (AvgIpc) is 2.95. The first-order valence-electron chi connectivity index (χ1n) is 8.46. The van der Waals surface area contributed by atoms with Gasteiger partial charge in [-0.3, -0.25) is 9.48 Å². The summed E-state index contributed by atoms with van der Waals surface area (Å²) in [7, 11) is -3.31.